The SMILES string of the molecule is C=C/C(=C(\C(=C(/C=C)c1ccccc1)c1ccc(-c2c(-c3ccccc3)ccc(-c3ccccc3)c2-c2ccccc2)cc1)c1ccccc1)c1ccccc1. The maximum Gasteiger partial charge on any atom is -0.00206 e. The summed E-state index contributed by atoms with van der Waals surface area (Å²) in [5, 5.41) is 0. The first kappa shape index (κ1) is 35.7. The summed E-state index contributed by atoms with van der Waals surface area (Å²) in [5.41, 5.74) is 18.1. The molecule has 0 heterocycles. The van der Waals surface area contributed by atoms with Crippen LogP contribution in [0.5, 0.6) is 0 Å². The van der Waals surface area contributed by atoms with Gasteiger partial charge in [0.15, 0.2) is 0 Å². The van der Waals surface area contributed by atoms with Gasteiger partial charge >= 0.3 is 0 Å². The van der Waals surface area contributed by atoms with Crippen molar-refractivity contribution in [3.8, 4) is 44.5 Å². The summed E-state index contributed by atoms with van der Waals surface area (Å²) in [5.74, 6) is 0. The number of rotatable bonds is 11. The van der Waals surface area contributed by atoms with Crippen molar-refractivity contribution in [3.05, 3.63) is 266 Å². The van der Waals surface area contributed by atoms with Gasteiger partial charge in [-0.05, 0) is 89.1 Å². The van der Waals surface area contributed by atoms with E-state index in [0.717, 1.165) is 50.1 Å². The molecular formula is C56H42. The molecule has 0 radical (unpaired) electrons. The summed E-state index contributed by atoms with van der Waals surface area (Å²) < 4.78 is 0. The molecule has 0 bridgehead atoms. The Labute approximate surface area is 331 Å². The maximum atomic E-state index is 4.41. The normalized spacial score (nSPS) is 11.9. The number of hydrogen-bond donors (Lipinski definition) is 0. The van der Waals surface area contributed by atoms with Gasteiger partial charge in [-0.2, -0.15) is 0 Å². The minimum atomic E-state index is 1.05. The van der Waals surface area contributed by atoms with E-state index in [0.29, 0.717) is 0 Å². The van der Waals surface area contributed by atoms with Gasteiger partial charge < -0.3 is 0 Å². The summed E-state index contributed by atoms with van der Waals surface area (Å²) in [7, 11) is 0. The molecule has 56 heavy (non-hydrogen) atoms. The molecule has 0 N–H and O–H groups in total. The Kier molecular flexibility index (Phi) is 10.7. The number of benzene rings is 8. The van der Waals surface area contributed by atoms with Crippen LogP contribution in [0.25, 0.3) is 66.8 Å². The van der Waals surface area contributed by atoms with Crippen LogP contribution in [-0.2, 0) is 0 Å². The largest absolute Gasteiger partial charge is 0.0984 e. The van der Waals surface area contributed by atoms with Gasteiger partial charge in [-0.1, -0.05) is 244 Å². The van der Waals surface area contributed by atoms with E-state index in [1.807, 2.05) is 12.2 Å². The summed E-state index contributed by atoms with van der Waals surface area (Å²) >= 11 is 0. The molecule has 0 aliphatic rings. The molecule has 0 aliphatic carbocycles. The molecule has 0 aliphatic heterocycles. The Bertz CT molecular complexity index is 2630. The van der Waals surface area contributed by atoms with Gasteiger partial charge in [0, 0.05) is 0 Å². The highest BCUT2D eigenvalue weighted by molar-refractivity contribution is 6.24. The second kappa shape index (κ2) is 16.8. The standard InChI is InChI=1S/C56H42/c1-3-49(41-23-11-5-12-24-41)53(45-31-19-9-20-32-45)54(50(4-2)42-25-13-6-14-26-42)47-35-37-48(38-36-47)56-52(44-29-17-8-18-30-44)40-39-51(43-27-15-7-16-28-43)55(56)46-33-21-10-22-34-46/h3-40H,1-2H2/b53-49+,54-50+. The minimum Gasteiger partial charge on any atom is -0.0984 e. The fourth-order valence-corrected chi connectivity index (χ4v) is 7.77. The average Bonchev–Trinajstić information content (AvgIpc) is 3.29. The third-order valence-corrected chi connectivity index (χ3v) is 10.3. The van der Waals surface area contributed by atoms with Crippen LogP contribution >= 0.6 is 0 Å². The molecule has 0 amide bonds. The average molecular weight is 715 g/mol. The van der Waals surface area contributed by atoms with E-state index in [1.165, 1.54) is 38.9 Å². The summed E-state index contributed by atoms with van der Waals surface area (Å²) in [6.07, 6.45) is 3.99. The molecule has 0 fully saturated rings. The van der Waals surface area contributed by atoms with Crippen molar-refractivity contribution < 1.29 is 0 Å². The molecule has 8 aromatic rings. The van der Waals surface area contributed by atoms with Crippen molar-refractivity contribution >= 4 is 22.3 Å². The van der Waals surface area contributed by atoms with Gasteiger partial charge in [0.05, 0.1) is 0 Å². The van der Waals surface area contributed by atoms with E-state index in [-0.39, 0.29) is 0 Å². The first-order valence-electron chi connectivity index (χ1n) is 19.1. The van der Waals surface area contributed by atoms with E-state index in [4.69, 9.17) is 0 Å². The predicted molar refractivity (Wildman–Crippen MR) is 242 cm³/mol. The zero-order valence-corrected chi connectivity index (χ0v) is 31.4. The summed E-state index contributed by atoms with van der Waals surface area (Å²) in [6, 6.07) is 77.8. The predicted octanol–water partition coefficient (Wildman–Crippen LogP) is 15.2. The fourth-order valence-electron chi connectivity index (χ4n) is 7.77. The summed E-state index contributed by atoms with van der Waals surface area (Å²) in [4.78, 5) is 0. The van der Waals surface area contributed by atoms with Crippen molar-refractivity contribution in [2.75, 3.05) is 0 Å². The molecule has 266 valence electrons. The van der Waals surface area contributed by atoms with Gasteiger partial charge in [0.25, 0.3) is 0 Å². The van der Waals surface area contributed by atoms with Crippen LogP contribution < -0.4 is 0 Å². The first-order valence-corrected chi connectivity index (χ1v) is 19.1. The van der Waals surface area contributed by atoms with Gasteiger partial charge in [0.1, 0.15) is 0 Å². The molecule has 0 unspecified atom stereocenters. The van der Waals surface area contributed by atoms with Gasteiger partial charge in [-0.25, -0.2) is 0 Å². The van der Waals surface area contributed by atoms with Gasteiger partial charge in [0.2, 0.25) is 0 Å². The lowest BCUT2D eigenvalue weighted by Crippen LogP contribution is -2.00. The monoisotopic (exact) mass is 714 g/mol. The molecule has 0 heteroatoms. The van der Waals surface area contributed by atoms with E-state index in [9.17, 15) is 0 Å². The smallest absolute Gasteiger partial charge is 0.00206 e. The van der Waals surface area contributed by atoms with Crippen molar-refractivity contribution in [1.82, 2.24) is 0 Å². The van der Waals surface area contributed by atoms with Crippen molar-refractivity contribution in [2.45, 2.75) is 0 Å². The van der Waals surface area contributed by atoms with Crippen LogP contribution in [0.15, 0.2) is 244 Å². The van der Waals surface area contributed by atoms with Crippen molar-refractivity contribution in [2.24, 2.45) is 0 Å². The zero-order valence-electron chi connectivity index (χ0n) is 31.4. The lowest BCUT2D eigenvalue weighted by atomic mass is 9.80. The van der Waals surface area contributed by atoms with Crippen molar-refractivity contribution in [3.63, 3.8) is 0 Å². The second-order valence-electron chi connectivity index (χ2n) is 13.7. The Morgan fingerprint density at radius 3 is 0.911 bits per heavy atom. The van der Waals surface area contributed by atoms with Gasteiger partial charge in [-0.3, -0.25) is 0 Å². The third kappa shape index (κ3) is 7.29. The van der Waals surface area contributed by atoms with Crippen LogP contribution in [0, 0.1) is 0 Å². The first-order chi connectivity index (χ1) is 27.7. The molecule has 0 saturated carbocycles. The highest BCUT2D eigenvalue weighted by Crippen LogP contribution is 2.47. The quantitative estimate of drug-likeness (QED) is 0.0924. The topological polar surface area (TPSA) is 0 Å². The molecule has 0 nitrogen and oxygen atoms in total. The second-order valence-corrected chi connectivity index (χ2v) is 13.7. The van der Waals surface area contributed by atoms with Crippen LogP contribution in [0.1, 0.15) is 22.3 Å². The van der Waals surface area contributed by atoms with Crippen LogP contribution in [0.2, 0.25) is 0 Å². The molecule has 0 spiro atoms. The molecule has 0 aromatic heterocycles. The lowest BCUT2D eigenvalue weighted by molar-refractivity contribution is 1.52. The maximum absolute atomic E-state index is 4.41. The number of hydrogen-bond acceptors (Lipinski definition) is 0. The lowest BCUT2D eigenvalue weighted by Gasteiger charge is -2.23. The Morgan fingerprint density at radius 2 is 0.554 bits per heavy atom. The fraction of sp³-hybridized carbons (Fsp3) is 0. The molecule has 8 rings (SSSR count). The summed E-state index contributed by atoms with van der Waals surface area (Å²) in [6.45, 7) is 8.78. The minimum absolute atomic E-state index is 1.05. The van der Waals surface area contributed by atoms with Crippen molar-refractivity contribution in [1.29, 1.82) is 0 Å². The Morgan fingerprint density at radius 1 is 0.268 bits per heavy atom. The Hall–Kier alpha value is -7.28. The van der Waals surface area contributed by atoms with E-state index < -0.39 is 0 Å². The van der Waals surface area contributed by atoms with E-state index in [2.05, 4.69) is 232 Å². The van der Waals surface area contributed by atoms with E-state index in [1.54, 1.807) is 0 Å². The molecule has 0 atom stereocenters. The molecule has 8 aromatic carbocycles. The van der Waals surface area contributed by atoms with Crippen LogP contribution in [0.4, 0.5) is 0 Å². The molecular weight excluding hydrogens is 673 g/mol. The van der Waals surface area contributed by atoms with Gasteiger partial charge in [-0.15, -0.1) is 0 Å². The Balaban J connectivity index is 1.43. The van der Waals surface area contributed by atoms with Crippen LogP contribution in [-0.4, -0.2) is 0 Å². The highest BCUT2D eigenvalue weighted by atomic mass is 14.3. The molecule has 0 saturated heterocycles. The highest BCUT2D eigenvalue weighted by Gasteiger charge is 2.22. The zero-order chi connectivity index (χ0) is 38.1. The van der Waals surface area contributed by atoms with Crippen LogP contribution in [0.3, 0.4) is 0 Å². The number of allylic oxidation sites excluding steroid dienone is 6. The third-order valence-electron chi connectivity index (χ3n) is 10.3. The van der Waals surface area contributed by atoms with E-state index >= 15 is 0 Å².